The van der Waals surface area contributed by atoms with Gasteiger partial charge in [0.2, 0.25) is 0 Å². The number of pyridine rings is 3. The summed E-state index contributed by atoms with van der Waals surface area (Å²) < 4.78 is 43.8. The van der Waals surface area contributed by atoms with E-state index in [1.807, 2.05) is 13.8 Å². The first-order valence-corrected chi connectivity index (χ1v) is 9.81. The van der Waals surface area contributed by atoms with E-state index in [-0.39, 0.29) is 37.8 Å². The molecule has 3 aromatic rings. The molecule has 0 aliphatic carbocycles. The Kier molecular flexibility index (Phi) is 7.18. The number of hydrogen-bond donors (Lipinski definition) is 1. The van der Waals surface area contributed by atoms with E-state index in [9.17, 15) is 18.2 Å². The first-order valence-electron chi connectivity index (χ1n) is 8.23. The Morgan fingerprint density at radius 1 is 1.07 bits per heavy atom. The summed E-state index contributed by atoms with van der Waals surface area (Å²) in [6.45, 7) is 3.65. The van der Waals surface area contributed by atoms with Crippen LogP contribution in [0.1, 0.15) is 25.2 Å². The molecule has 0 radical (unpaired) electrons. The molecule has 0 aromatic carbocycles. The Hall–Kier alpha value is -1.85. The van der Waals surface area contributed by atoms with E-state index < -0.39 is 24.9 Å². The van der Waals surface area contributed by atoms with Gasteiger partial charge in [-0.1, -0.05) is 29.8 Å². The molecule has 0 saturated carbocycles. The van der Waals surface area contributed by atoms with Crippen LogP contribution in [0.15, 0.2) is 42.5 Å². The van der Waals surface area contributed by atoms with Crippen molar-refractivity contribution in [2.75, 3.05) is 7.11 Å². The van der Waals surface area contributed by atoms with Gasteiger partial charge in [-0.05, 0) is 37.7 Å². The minimum atomic E-state index is -4.01. The maximum Gasteiger partial charge on any atom is 0.376 e. The number of nitrogens with zero attached hydrogens (tertiary/aromatic N) is 3. The van der Waals surface area contributed by atoms with Gasteiger partial charge in [0.25, 0.3) is 0 Å². The van der Waals surface area contributed by atoms with E-state index in [1.165, 1.54) is 6.07 Å². The third kappa shape index (κ3) is 4.84. The van der Waals surface area contributed by atoms with Crippen LogP contribution in [0.25, 0.3) is 11.3 Å². The molecule has 3 rings (SSSR count). The van der Waals surface area contributed by atoms with Crippen molar-refractivity contribution in [2.45, 2.75) is 19.3 Å². The van der Waals surface area contributed by atoms with Gasteiger partial charge in [0, 0.05) is 39.3 Å². The number of rotatable bonds is 5. The fourth-order valence-electron chi connectivity index (χ4n) is 2.63. The zero-order valence-electron chi connectivity index (χ0n) is 15.7. The van der Waals surface area contributed by atoms with Crippen molar-refractivity contribution in [3.05, 3.63) is 71.8 Å². The molecule has 0 fully saturated rings. The van der Waals surface area contributed by atoms with Gasteiger partial charge in [-0.15, -0.1) is 6.07 Å². The molecule has 0 aliphatic heterocycles. The normalized spacial score (nSPS) is 13.4. The quantitative estimate of drug-likeness (QED) is 0.275. The van der Waals surface area contributed by atoms with Crippen molar-refractivity contribution in [1.82, 2.24) is 15.0 Å². The SMILES string of the molecule is COP(=O)(O)c1cccc(C(C)(C)c2cccc(-c3[c-]cc(F)nc3F)n2)n1.[Pt]. The Morgan fingerprint density at radius 2 is 1.69 bits per heavy atom. The largest absolute Gasteiger partial charge is 0.376 e. The fraction of sp³-hybridized carbons (Fsp3) is 0.211. The second kappa shape index (κ2) is 8.88. The van der Waals surface area contributed by atoms with Crippen molar-refractivity contribution in [3.63, 3.8) is 0 Å². The topological polar surface area (TPSA) is 85.2 Å². The summed E-state index contributed by atoms with van der Waals surface area (Å²) in [7, 11) is -2.88. The van der Waals surface area contributed by atoms with Crippen LogP contribution in [-0.4, -0.2) is 27.0 Å². The van der Waals surface area contributed by atoms with Gasteiger partial charge in [0.1, 0.15) is 11.9 Å². The van der Waals surface area contributed by atoms with Gasteiger partial charge < -0.3 is 14.4 Å². The van der Waals surface area contributed by atoms with Crippen molar-refractivity contribution >= 4 is 13.0 Å². The van der Waals surface area contributed by atoms with E-state index in [0.717, 1.165) is 13.2 Å². The molecule has 1 N–H and O–H groups in total. The van der Waals surface area contributed by atoms with Gasteiger partial charge in [0.05, 0.1) is 5.69 Å². The Morgan fingerprint density at radius 3 is 2.31 bits per heavy atom. The number of hydrogen-bond acceptors (Lipinski definition) is 5. The van der Waals surface area contributed by atoms with E-state index in [2.05, 4.69) is 25.5 Å². The molecule has 156 valence electrons. The molecule has 29 heavy (non-hydrogen) atoms. The monoisotopic (exact) mass is 599 g/mol. The summed E-state index contributed by atoms with van der Waals surface area (Å²) in [4.78, 5) is 21.8. The van der Waals surface area contributed by atoms with E-state index in [4.69, 9.17) is 0 Å². The molecule has 0 bridgehead atoms. The fourth-order valence-corrected chi connectivity index (χ4v) is 3.32. The minimum absolute atomic E-state index is 0. The van der Waals surface area contributed by atoms with Crippen molar-refractivity contribution in [3.8, 4) is 11.3 Å². The molecule has 0 aliphatic rings. The molecule has 3 heterocycles. The first-order chi connectivity index (χ1) is 13.1. The second-order valence-electron chi connectivity index (χ2n) is 6.51. The van der Waals surface area contributed by atoms with Crippen molar-refractivity contribution < 1.29 is 43.8 Å². The molecule has 3 aromatic heterocycles. The molecule has 0 amide bonds. The average molecular weight is 599 g/mol. The van der Waals surface area contributed by atoms with Crippen LogP contribution in [0.4, 0.5) is 8.78 Å². The van der Waals surface area contributed by atoms with E-state index >= 15 is 0 Å². The molecule has 10 heteroatoms. The standard InChI is InChI=1S/C19H17F2N3O3P.Pt/c1-19(2,15-8-5-9-17(23-15)28(25,26)27-3)14-7-4-6-13(22-14)12-10-11-16(20)24-18(12)21;/h4-9,11H,1-3H3,(H,25,26);/q-1;. The third-order valence-corrected chi connectivity index (χ3v) is 5.63. The van der Waals surface area contributed by atoms with Gasteiger partial charge in [-0.3, -0.25) is 9.55 Å². The Balaban J connectivity index is 0.00000300. The van der Waals surface area contributed by atoms with Crippen LogP contribution in [0.5, 0.6) is 0 Å². The maximum absolute atomic E-state index is 14.0. The van der Waals surface area contributed by atoms with Gasteiger partial charge in [0.15, 0.2) is 5.44 Å². The molecule has 6 nitrogen and oxygen atoms in total. The van der Waals surface area contributed by atoms with E-state index in [0.29, 0.717) is 11.4 Å². The first kappa shape index (κ1) is 23.4. The molecular formula is C19H17F2N3O3PPt-. The van der Waals surface area contributed by atoms with Gasteiger partial charge in [-0.25, -0.2) is 13.8 Å². The summed E-state index contributed by atoms with van der Waals surface area (Å²) in [5.74, 6) is -1.98. The molecule has 0 saturated heterocycles. The zero-order chi connectivity index (χ0) is 20.5. The van der Waals surface area contributed by atoms with Crippen LogP contribution in [0, 0.1) is 18.0 Å². The Bertz CT molecular complexity index is 1080. The minimum Gasteiger partial charge on any atom is -0.320 e. The summed E-state index contributed by atoms with van der Waals surface area (Å²) >= 11 is 0. The summed E-state index contributed by atoms with van der Waals surface area (Å²) in [5, 5.41) is 0. The average Bonchev–Trinajstić information content (AvgIpc) is 2.68. The number of halogens is 2. The second-order valence-corrected chi connectivity index (χ2v) is 8.37. The van der Waals surface area contributed by atoms with E-state index in [1.54, 1.807) is 30.3 Å². The van der Waals surface area contributed by atoms with Gasteiger partial charge in [-0.2, -0.15) is 0 Å². The molecule has 1 unspecified atom stereocenters. The number of aromatic nitrogens is 3. The summed E-state index contributed by atoms with van der Waals surface area (Å²) in [6, 6.07) is 13.1. The molecule has 1 atom stereocenters. The molecular weight excluding hydrogens is 582 g/mol. The smallest absolute Gasteiger partial charge is 0.320 e. The Labute approximate surface area is 181 Å². The van der Waals surface area contributed by atoms with Crippen LogP contribution in [-0.2, 0) is 35.6 Å². The predicted octanol–water partition coefficient (Wildman–Crippen LogP) is 3.40. The van der Waals surface area contributed by atoms with Crippen LogP contribution in [0.3, 0.4) is 0 Å². The predicted molar refractivity (Wildman–Crippen MR) is 99.1 cm³/mol. The van der Waals surface area contributed by atoms with Gasteiger partial charge >= 0.3 is 7.60 Å². The van der Waals surface area contributed by atoms with Crippen LogP contribution < -0.4 is 5.44 Å². The zero-order valence-corrected chi connectivity index (χ0v) is 18.8. The van der Waals surface area contributed by atoms with Crippen LogP contribution >= 0.6 is 7.60 Å². The third-order valence-electron chi connectivity index (χ3n) is 4.30. The van der Waals surface area contributed by atoms with Crippen LogP contribution in [0.2, 0.25) is 0 Å². The maximum atomic E-state index is 14.0. The summed E-state index contributed by atoms with van der Waals surface area (Å²) in [6.07, 6.45) is 0. The molecule has 0 spiro atoms. The van der Waals surface area contributed by atoms with Crippen molar-refractivity contribution in [2.24, 2.45) is 0 Å². The van der Waals surface area contributed by atoms with Crippen molar-refractivity contribution in [1.29, 1.82) is 0 Å². The summed E-state index contributed by atoms with van der Waals surface area (Å²) in [5.41, 5.74) is 0.305.